The molecule has 0 bridgehead atoms. The van der Waals surface area contributed by atoms with Crippen molar-refractivity contribution in [1.29, 1.82) is 0 Å². The molecule has 6 heteroatoms. The van der Waals surface area contributed by atoms with Gasteiger partial charge < -0.3 is 0 Å². The first kappa shape index (κ1) is 30.0. The Morgan fingerprint density at radius 1 is 0.375 bits per heavy atom. The van der Waals surface area contributed by atoms with E-state index >= 15 is 0 Å². The van der Waals surface area contributed by atoms with Gasteiger partial charge in [-0.05, 0) is 36.4 Å². The monoisotopic (exact) mass is 618 g/mol. The van der Waals surface area contributed by atoms with Crippen LogP contribution in [0.1, 0.15) is 11.1 Å². The van der Waals surface area contributed by atoms with Crippen LogP contribution in [-0.4, -0.2) is 29.9 Å². The summed E-state index contributed by atoms with van der Waals surface area (Å²) in [4.78, 5) is 28.4. The second kappa shape index (κ2) is 13.8. The molecule has 0 saturated heterocycles. The lowest BCUT2D eigenvalue weighted by molar-refractivity contribution is 1.21. The van der Waals surface area contributed by atoms with Crippen LogP contribution >= 0.6 is 0 Å². The average Bonchev–Trinajstić information content (AvgIpc) is 3.18. The first-order valence-corrected chi connectivity index (χ1v) is 15.5. The number of aromatic nitrogens is 6. The van der Waals surface area contributed by atoms with Gasteiger partial charge in [-0.15, -0.1) is 0 Å². The van der Waals surface area contributed by atoms with Crippen LogP contribution in [0.4, 0.5) is 0 Å². The van der Waals surface area contributed by atoms with Crippen LogP contribution in [0, 0.1) is 0 Å². The zero-order valence-electron chi connectivity index (χ0n) is 26.1. The summed E-state index contributed by atoms with van der Waals surface area (Å²) in [5.41, 5.74) is 12.2. The van der Waals surface area contributed by atoms with Crippen molar-refractivity contribution in [3.05, 3.63) is 170 Å². The fraction of sp³-hybridized carbons (Fsp3) is 0. The molecule has 0 aliphatic carbocycles. The second-order valence-electron chi connectivity index (χ2n) is 10.8. The van der Waals surface area contributed by atoms with Crippen molar-refractivity contribution in [2.75, 3.05) is 0 Å². The van der Waals surface area contributed by atoms with E-state index in [9.17, 15) is 0 Å². The maximum absolute atomic E-state index is 4.96. The maximum atomic E-state index is 4.96. The average molecular weight is 619 g/mol. The highest BCUT2D eigenvalue weighted by molar-refractivity contribution is 5.91. The number of hydrogen-bond donors (Lipinski definition) is 0. The Morgan fingerprint density at radius 2 is 0.792 bits per heavy atom. The Hall–Kier alpha value is -6.66. The van der Waals surface area contributed by atoms with E-state index in [1.165, 1.54) is 0 Å². The van der Waals surface area contributed by atoms with E-state index in [1.54, 1.807) is 18.5 Å². The Labute approximate surface area is 278 Å². The molecule has 0 spiro atoms. The number of nitrogens with zero attached hydrogens (tertiary/aromatic N) is 6. The molecule has 4 aromatic carbocycles. The predicted octanol–water partition coefficient (Wildman–Crippen LogP) is 10.0. The van der Waals surface area contributed by atoms with Crippen LogP contribution in [0.25, 0.3) is 79.5 Å². The zero-order valence-corrected chi connectivity index (χ0v) is 26.1. The van der Waals surface area contributed by atoms with Crippen molar-refractivity contribution in [3.8, 4) is 45.3 Å². The molecule has 4 aromatic heterocycles. The van der Waals surface area contributed by atoms with Gasteiger partial charge in [0.25, 0.3) is 0 Å². The molecule has 0 aliphatic heterocycles. The van der Waals surface area contributed by atoms with Crippen molar-refractivity contribution in [2.45, 2.75) is 0 Å². The van der Waals surface area contributed by atoms with Gasteiger partial charge in [-0.3, -0.25) is 9.97 Å². The Balaban J connectivity index is 0.000000152. The third-order valence-electron chi connectivity index (χ3n) is 7.80. The Morgan fingerprint density at radius 3 is 1.25 bits per heavy atom. The molecule has 0 N–H and O–H groups in total. The van der Waals surface area contributed by atoms with Gasteiger partial charge >= 0.3 is 0 Å². The highest BCUT2D eigenvalue weighted by Gasteiger charge is 2.16. The van der Waals surface area contributed by atoms with E-state index < -0.39 is 0 Å². The fourth-order valence-electron chi connectivity index (χ4n) is 5.48. The summed E-state index contributed by atoms with van der Waals surface area (Å²) >= 11 is 0. The summed E-state index contributed by atoms with van der Waals surface area (Å²) < 4.78 is 0. The second-order valence-corrected chi connectivity index (χ2v) is 10.8. The molecule has 0 saturated carbocycles. The van der Waals surface area contributed by atoms with Crippen molar-refractivity contribution in [1.82, 2.24) is 29.9 Å². The van der Waals surface area contributed by atoms with E-state index in [-0.39, 0.29) is 0 Å². The topological polar surface area (TPSA) is 77.3 Å². The Bertz CT molecular complexity index is 2190. The summed E-state index contributed by atoms with van der Waals surface area (Å²) in [5, 5.41) is 0. The van der Waals surface area contributed by atoms with Gasteiger partial charge in [-0.25, -0.2) is 19.9 Å². The Kier molecular flexibility index (Phi) is 8.61. The summed E-state index contributed by atoms with van der Waals surface area (Å²) in [6, 6.07) is 43.8. The molecule has 8 aromatic rings. The summed E-state index contributed by atoms with van der Waals surface area (Å²) in [6.07, 6.45) is 7.13. The summed E-state index contributed by atoms with van der Waals surface area (Å²) in [6.45, 7) is 7.76. The largest absolute Gasteiger partial charge is 0.255 e. The molecule has 0 atom stereocenters. The first-order valence-electron chi connectivity index (χ1n) is 15.5. The fourth-order valence-corrected chi connectivity index (χ4v) is 5.48. The minimum absolute atomic E-state index is 0.719. The molecule has 0 unspecified atom stereocenters. The quantitative estimate of drug-likeness (QED) is 0.185. The predicted molar refractivity (Wildman–Crippen MR) is 197 cm³/mol. The number of rotatable bonds is 6. The van der Waals surface area contributed by atoms with Crippen LogP contribution in [0.2, 0.25) is 0 Å². The molecule has 0 radical (unpaired) electrons. The standard InChI is InChI=1S/C22H16N2.C20H14N4/c1-2-16-14-9-15-19-20(16)24-22(18-12-7-4-8-13-18)21(23-19)17-10-5-3-6-11-17;1-2-14-8-7-11-17-18(14)24-20(16-10-4-6-13-22-16)19(23-17)15-9-3-5-12-21-15/h2-15H,1H2;2-13H,1H2. The summed E-state index contributed by atoms with van der Waals surface area (Å²) in [5.74, 6) is 0. The minimum Gasteiger partial charge on any atom is -0.255 e. The molecular formula is C42H30N6. The zero-order chi connectivity index (χ0) is 32.7. The van der Waals surface area contributed by atoms with E-state index in [2.05, 4.69) is 47.4 Å². The molecule has 48 heavy (non-hydrogen) atoms. The third kappa shape index (κ3) is 6.10. The number of fused-ring (bicyclic) bond motifs is 2. The van der Waals surface area contributed by atoms with Crippen LogP contribution in [0.5, 0.6) is 0 Å². The van der Waals surface area contributed by atoms with Crippen molar-refractivity contribution in [2.24, 2.45) is 0 Å². The van der Waals surface area contributed by atoms with Crippen LogP contribution in [-0.2, 0) is 0 Å². The smallest absolute Gasteiger partial charge is 0.117 e. The molecule has 8 rings (SSSR count). The SMILES string of the molecule is C=Cc1cccc2nc(-c3ccccc3)c(-c3ccccc3)nc12.C=Cc1cccc2nc(-c3ccccn3)c(-c3ccccn3)nc12. The van der Waals surface area contributed by atoms with Gasteiger partial charge in [0.05, 0.1) is 44.8 Å². The van der Waals surface area contributed by atoms with Gasteiger partial charge in [0, 0.05) is 34.6 Å². The number of benzene rings is 4. The lowest BCUT2D eigenvalue weighted by Crippen LogP contribution is -1.98. The molecule has 4 heterocycles. The molecule has 228 valence electrons. The first-order chi connectivity index (χ1) is 23.7. The third-order valence-corrected chi connectivity index (χ3v) is 7.80. The molecule has 0 fully saturated rings. The van der Waals surface area contributed by atoms with E-state index in [0.29, 0.717) is 0 Å². The van der Waals surface area contributed by atoms with Gasteiger partial charge in [0.15, 0.2) is 0 Å². The molecule has 0 amide bonds. The van der Waals surface area contributed by atoms with Crippen LogP contribution in [0.15, 0.2) is 159 Å². The number of pyridine rings is 2. The lowest BCUT2D eigenvalue weighted by atomic mass is 10.0. The van der Waals surface area contributed by atoms with Crippen molar-refractivity contribution < 1.29 is 0 Å². The van der Waals surface area contributed by atoms with Crippen LogP contribution in [0.3, 0.4) is 0 Å². The lowest BCUT2D eigenvalue weighted by Gasteiger charge is -2.11. The van der Waals surface area contributed by atoms with Crippen LogP contribution < -0.4 is 0 Å². The molecular weight excluding hydrogens is 589 g/mol. The van der Waals surface area contributed by atoms with Gasteiger partial charge in [-0.2, -0.15) is 0 Å². The van der Waals surface area contributed by atoms with Crippen molar-refractivity contribution in [3.63, 3.8) is 0 Å². The minimum atomic E-state index is 0.719. The van der Waals surface area contributed by atoms with E-state index in [0.717, 1.165) is 78.5 Å². The molecule has 6 nitrogen and oxygen atoms in total. The van der Waals surface area contributed by atoms with Gasteiger partial charge in [0.1, 0.15) is 11.4 Å². The van der Waals surface area contributed by atoms with Crippen molar-refractivity contribution >= 4 is 34.2 Å². The van der Waals surface area contributed by atoms with E-state index in [1.807, 2.05) is 115 Å². The number of hydrogen-bond acceptors (Lipinski definition) is 6. The van der Waals surface area contributed by atoms with Gasteiger partial charge in [0.2, 0.25) is 0 Å². The number of para-hydroxylation sites is 2. The van der Waals surface area contributed by atoms with Gasteiger partial charge in [-0.1, -0.05) is 122 Å². The maximum Gasteiger partial charge on any atom is 0.117 e. The molecule has 0 aliphatic rings. The van der Waals surface area contributed by atoms with E-state index in [4.69, 9.17) is 19.9 Å². The summed E-state index contributed by atoms with van der Waals surface area (Å²) in [7, 11) is 0. The highest BCUT2D eigenvalue weighted by Crippen LogP contribution is 2.32. The highest BCUT2D eigenvalue weighted by atomic mass is 14.9. The normalized spacial score (nSPS) is 10.7.